The van der Waals surface area contributed by atoms with E-state index >= 15 is 0 Å². The zero-order valence-electron chi connectivity index (χ0n) is 16.8. The molecule has 0 spiro atoms. The van der Waals surface area contributed by atoms with Crippen LogP contribution in [0.3, 0.4) is 0 Å². The van der Waals surface area contributed by atoms with Crippen LogP contribution < -0.4 is 15.0 Å². The van der Waals surface area contributed by atoms with Gasteiger partial charge in [-0.05, 0) is 30.3 Å². The third-order valence-electron chi connectivity index (χ3n) is 4.91. The van der Waals surface area contributed by atoms with Crippen molar-refractivity contribution < 1.29 is 14.3 Å². The van der Waals surface area contributed by atoms with Gasteiger partial charge in [-0.3, -0.25) is 14.6 Å². The van der Waals surface area contributed by atoms with Gasteiger partial charge in [0.2, 0.25) is 11.8 Å². The molecule has 0 saturated carbocycles. The summed E-state index contributed by atoms with van der Waals surface area (Å²) in [6.45, 7) is -0.235. The van der Waals surface area contributed by atoms with E-state index in [0.717, 1.165) is 5.56 Å². The summed E-state index contributed by atoms with van der Waals surface area (Å²) in [7, 11) is 1.53. The number of anilines is 2. The molecule has 1 N–H and O–H groups in total. The van der Waals surface area contributed by atoms with Gasteiger partial charge in [0.25, 0.3) is 0 Å². The van der Waals surface area contributed by atoms with E-state index in [4.69, 9.17) is 16.3 Å². The van der Waals surface area contributed by atoms with Crippen LogP contribution in [0.5, 0.6) is 5.75 Å². The Hall–Kier alpha value is -3.64. The highest BCUT2D eigenvalue weighted by atomic mass is 35.5. The molecule has 2 amide bonds. The minimum absolute atomic E-state index is 0.0710. The largest absolute Gasteiger partial charge is 0.495 e. The summed E-state index contributed by atoms with van der Waals surface area (Å²) in [6, 6.07) is 21.9. The van der Waals surface area contributed by atoms with Gasteiger partial charge in [0, 0.05) is 16.1 Å². The van der Waals surface area contributed by atoms with E-state index in [-0.39, 0.29) is 24.9 Å². The second kappa shape index (κ2) is 9.02. The molecule has 0 aliphatic carbocycles. The van der Waals surface area contributed by atoms with Crippen molar-refractivity contribution in [2.75, 3.05) is 30.4 Å². The number of ether oxygens (including phenoxy) is 1. The van der Waals surface area contributed by atoms with Crippen LogP contribution in [0.25, 0.3) is 0 Å². The number of amides is 2. The van der Waals surface area contributed by atoms with Gasteiger partial charge >= 0.3 is 0 Å². The summed E-state index contributed by atoms with van der Waals surface area (Å²) in [5, 5.41) is 3.34. The van der Waals surface area contributed by atoms with Gasteiger partial charge in [-0.15, -0.1) is 0 Å². The average molecular weight is 434 g/mol. The SMILES string of the molecule is COc1ccccc1NC(=O)CN1C(=O)CN=C(c2ccccc2)c2cc(Cl)ccc21. The number of para-hydroxylation sites is 2. The van der Waals surface area contributed by atoms with E-state index in [2.05, 4.69) is 10.3 Å². The van der Waals surface area contributed by atoms with E-state index in [1.165, 1.54) is 12.0 Å². The molecule has 0 aromatic heterocycles. The molecule has 3 aromatic rings. The lowest BCUT2D eigenvalue weighted by Crippen LogP contribution is -2.39. The van der Waals surface area contributed by atoms with Crippen molar-refractivity contribution in [1.82, 2.24) is 0 Å². The van der Waals surface area contributed by atoms with Gasteiger partial charge in [-0.25, -0.2) is 0 Å². The van der Waals surface area contributed by atoms with Crippen molar-refractivity contribution in [1.29, 1.82) is 0 Å². The number of fused-ring (bicyclic) bond motifs is 1. The van der Waals surface area contributed by atoms with Gasteiger partial charge < -0.3 is 15.0 Å². The lowest BCUT2D eigenvalue weighted by molar-refractivity contribution is -0.120. The highest BCUT2D eigenvalue weighted by Crippen LogP contribution is 2.30. The van der Waals surface area contributed by atoms with Crippen molar-refractivity contribution >= 4 is 40.5 Å². The second-order valence-electron chi connectivity index (χ2n) is 6.92. The summed E-state index contributed by atoms with van der Waals surface area (Å²) in [6.07, 6.45) is 0. The smallest absolute Gasteiger partial charge is 0.249 e. The number of methoxy groups -OCH3 is 1. The average Bonchev–Trinajstić information content (AvgIpc) is 2.91. The van der Waals surface area contributed by atoms with E-state index in [1.54, 1.807) is 36.4 Å². The number of carbonyl (C=O) groups excluding carboxylic acids is 2. The fourth-order valence-electron chi connectivity index (χ4n) is 3.48. The second-order valence-corrected chi connectivity index (χ2v) is 7.36. The van der Waals surface area contributed by atoms with Crippen molar-refractivity contribution in [2.24, 2.45) is 4.99 Å². The Balaban J connectivity index is 1.67. The normalized spacial score (nSPS) is 13.2. The monoisotopic (exact) mass is 433 g/mol. The number of nitrogens with one attached hydrogen (secondary N) is 1. The van der Waals surface area contributed by atoms with Crippen molar-refractivity contribution in [3.63, 3.8) is 0 Å². The molecule has 31 heavy (non-hydrogen) atoms. The van der Waals surface area contributed by atoms with E-state index < -0.39 is 0 Å². The van der Waals surface area contributed by atoms with Crippen molar-refractivity contribution in [2.45, 2.75) is 0 Å². The lowest BCUT2D eigenvalue weighted by atomic mass is 10.00. The topological polar surface area (TPSA) is 71.0 Å². The highest BCUT2D eigenvalue weighted by Gasteiger charge is 2.27. The standard InChI is InChI=1S/C24H20ClN3O3/c1-31-21-10-6-5-9-19(21)27-22(29)15-28-20-12-11-17(25)13-18(20)24(26-14-23(28)30)16-7-3-2-4-8-16/h2-13H,14-15H2,1H3,(H,27,29). The first-order valence-corrected chi connectivity index (χ1v) is 10.1. The van der Waals surface area contributed by atoms with Gasteiger partial charge in [0.1, 0.15) is 18.8 Å². The fourth-order valence-corrected chi connectivity index (χ4v) is 3.65. The molecule has 1 aliphatic rings. The van der Waals surface area contributed by atoms with Gasteiger partial charge in [-0.1, -0.05) is 54.1 Å². The fraction of sp³-hybridized carbons (Fsp3) is 0.125. The molecule has 4 rings (SSSR count). The summed E-state index contributed by atoms with van der Waals surface area (Å²) in [5.74, 6) is -0.0773. The molecule has 0 fully saturated rings. The number of hydrogen-bond donors (Lipinski definition) is 1. The number of aliphatic imine (C=N–C) groups is 1. The summed E-state index contributed by atoms with van der Waals surface area (Å²) < 4.78 is 5.28. The van der Waals surface area contributed by atoms with Crippen LogP contribution in [0, 0.1) is 0 Å². The highest BCUT2D eigenvalue weighted by molar-refractivity contribution is 6.32. The number of carbonyl (C=O) groups is 2. The zero-order chi connectivity index (χ0) is 21.8. The molecule has 0 unspecified atom stereocenters. The molecule has 7 heteroatoms. The molecule has 1 aliphatic heterocycles. The number of halogens is 1. The molecule has 0 saturated heterocycles. The number of nitrogens with zero attached hydrogens (tertiary/aromatic N) is 2. The van der Waals surface area contributed by atoms with Crippen molar-refractivity contribution in [3.05, 3.63) is 88.9 Å². The van der Waals surface area contributed by atoms with Gasteiger partial charge in [0.05, 0.1) is 24.2 Å². The third-order valence-corrected chi connectivity index (χ3v) is 5.14. The molecular weight excluding hydrogens is 414 g/mol. The molecule has 0 bridgehead atoms. The van der Waals surface area contributed by atoms with E-state index in [0.29, 0.717) is 33.4 Å². The van der Waals surface area contributed by atoms with Crippen LogP contribution in [0.4, 0.5) is 11.4 Å². The predicted octanol–water partition coefficient (Wildman–Crippen LogP) is 4.17. The first-order chi connectivity index (χ1) is 15.1. The number of hydrogen-bond acceptors (Lipinski definition) is 4. The molecule has 1 heterocycles. The quantitative estimate of drug-likeness (QED) is 0.656. The Morgan fingerprint density at radius 3 is 2.61 bits per heavy atom. The minimum Gasteiger partial charge on any atom is -0.495 e. The number of rotatable bonds is 5. The van der Waals surface area contributed by atoms with Gasteiger partial charge in [0.15, 0.2) is 0 Å². The Labute approximate surface area is 185 Å². The molecular formula is C24H20ClN3O3. The van der Waals surface area contributed by atoms with Crippen LogP contribution in [0.1, 0.15) is 11.1 Å². The molecule has 156 valence electrons. The zero-order valence-corrected chi connectivity index (χ0v) is 17.6. The maximum absolute atomic E-state index is 12.9. The van der Waals surface area contributed by atoms with Gasteiger partial charge in [-0.2, -0.15) is 0 Å². The maximum atomic E-state index is 12.9. The summed E-state index contributed by atoms with van der Waals surface area (Å²) >= 11 is 6.26. The summed E-state index contributed by atoms with van der Waals surface area (Å²) in [5.41, 5.74) is 3.37. The maximum Gasteiger partial charge on any atom is 0.249 e. The predicted molar refractivity (Wildman–Crippen MR) is 122 cm³/mol. The first-order valence-electron chi connectivity index (χ1n) is 9.70. The van der Waals surface area contributed by atoms with Crippen LogP contribution in [0.15, 0.2) is 77.8 Å². The summed E-state index contributed by atoms with van der Waals surface area (Å²) in [4.78, 5) is 31.7. The van der Waals surface area contributed by atoms with Crippen molar-refractivity contribution in [3.8, 4) is 5.75 Å². The van der Waals surface area contributed by atoms with Crippen LogP contribution in [0.2, 0.25) is 5.02 Å². The molecule has 0 atom stereocenters. The van der Waals surface area contributed by atoms with Crippen LogP contribution in [-0.4, -0.2) is 37.7 Å². The Morgan fingerprint density at radius 1 is 1.10 bits per heavy atom. The number of benzodiazepines with no additional fused rings is 1. The molecule has 6 nitrogen and oxygen atoms in total. The van der Waals surface area contributed by atoms with Crippen LogP contribution in [-0.2, 0) is 9.59 Å². The Morgan fingerprint density at radius 2 is 1.84 bits per heavy atom. The first kappa shape index (κ1) is 20.6. The third kappa shape index (κ3) is 4.44. The lowest BCUT2D eigenvalue weighted by Gasteiger charge is -2.23. The number of benzene rings is 3. The van der Waals surface area contributed by atoms with Crippen LogP contribution >= 0.6 is 11.6 Å². The van der Waals surface area contributed by atoms with E-state index in [9.17, 15) is 9.59 Å². The Bertz CT molecular complexity index is 1160. The molecule has 3 aromatic carbocycles. The molecule has 0 radical (unpaired) electrons. The minimum atomic E-state index is -0.345. The van der Waals surface area contributed by atoms with E-state index in [1.807, 2.05) is 36.4 Å². The Kier molecular flexibility index (Phi) is 6.00.